The molecule has 1 N–H and O–H groups in total. The number of halogens is 1. The molecule has 0 radical (unpaired) electrons. The van der Waals surface area contributed by atoms with Gasteiger partial charge in [0.1, 0.15) is 12.4 Å². The predicted octanol–water partition coefficient (Wildman–Crippen LogP) is 4.81. The molecule has 3 aromatic rings. The molecule has 0 saturated heterocycles. The zero-order chi connectivity index (χ0) is 18.4. The minimum atomic E-state index is -0.141. The topological polar surface area (TPSA) is 51.2 Å². The number of carbonyl (C=O) groups excluding carboxylic acids is 1. The summed E-state index contributed by atoms with van der Waals surface area (Å²) in [7, 11) is 0. The van der Waals surface area contributed by atoms with Crippen molar-refractivity contribution in [1.29, 1.82) is 0 Å². The van der Waals surface area contributed by atoms with Crippen LogP contribution >= 0.6 is 11.6 Å². The summed E-state index contributed by atoms with van der Waals surface area (Å²) < 4.78 is 5.72. The smallest absolute Gasteiger partial charge is 0.251 e. The van der Waals surface area contributed by atoms with Crippen molar-refractivity contribution in [3.8, 4) is 5.75 Å². The van der Waals surface area contributed by atoms with E-state index >= 15 is 0 Å². The molecule has 1 unspecified atom stereocenters. The van der Waals surface area contributed by atoms with Crippen LogP contribution in [0.1, 0.15) is 34.5 Å². The molecule has 0 aliphatic rings. The average molecular weight is 367 g/mol. The summed E-state index contributed by atoms with van der Waals surface area (Å²) in [6, 6.07) is 18.2. The molecule has 1 amide bonds. The van der Waals surface area contributed by atoms with Gasteiger partial charge in [-0.3, -0.25) is 9.78 Å². The summed E-state index contributed by atoms with van der Waals surface area (Å²) >= 11 is 6.00. The van der Waals surface area contributed by atoms with Crippen molar-refractivity contribution < 1.29 is 9.53 Å². The molecule has 2 aromatic carbocycles. The van der Waals surface area contributed by atoms with Gasteiger partial charge >= 0.3 is 0 Å². The summed E-state index contributed by atoms with van der Waals surface area (Å²) in [5, 5.41) is 3.62. The quantitative estimate of drug-likeness (QED) is 0.681. The predicted molar refractivity (Wildman–Crippen MR) is 102 cm³/mol. The van der Waals surface area contributed by atoms with Crippen LogP contribution < -0.4 is 10.1 Å². The van der Waals surface area contributed by atoms with Crippen LogP contribution in [0.15, 0.2) is 73.1 Å². The summed E-state index contributed by atoms with van der Waals surface area (Å²) in [6.45, 7) is 2.38. The molecule has 132 valence electrons. The van der Waals surface area contributed by atoms with E-state index in [0.29, 0.717) is 22.9 Å². The number of nitrogens with one attached hydrogen (secondary N) is 1. The van der Waals surface area contributed by atoms with Gasteiger partial charge in [0.05, 0.1) is 6.04 Å². The maximum atomic E-state index is 12.4. The first-order valence-corrected chi connectivity index (χ1v) is 8.68. The fourth-order valence-electron chi connectivity index (χ4n) is 2.49. The van der Waals surface area contributed by atoms with Gasteiger partial charge in [0.2, 0.25) is 0 Å². The first-order chi connectivity index (χ1) is 12.6. The van der Waals surface area contributed by atoms with E-state index in [1.54, 1.807) is 36.7 Å². The third-order valence-corrected chi connectivity index (χ3v) is 4.20. The van der Waals surface area contributed by atoms with Gasteiger partial charge < -0.3 is 10.1 Å². The number of amides is 1. The Balaban J connectivity index is 1.58. The summed E-state index contributed by atoms with van der Waals surface area (Å²) in [5.41, 5.74) is 2.58. The number of benzene rings is 2. The van der Waals surface area contributed by atoms with Gasteiger partial charge in [-0.1, -0.05) is 23.7 Å². The molecule has 0 aliphatic carbocycles. The van der Waals surface area contributed by atoms with Crippen molar-refractivity contribution in [2.24, 2.45) is 0 Å². The molecule has 4 nitrogen and oxygen atoms in total. The summed E-state index contributed by atoms with van der Waals surface area (Å²) in [4.78, 5) is 16.4. The van der Waals surface area contributed by atoms with Gasteiger partial charge in [-0.05, 0) is 66.6 Å². The molecule has 0 fully saturated rings. The number of rotatable bonds is 6. The van der Waals surface area contributed by atoms with E-state index in [4.69, 9.17) is 16.3 Å². The van der Waals surface area contributed by atoms with Crippen LogP contribution in [0, 0.1) is 0 Å². The normalized spacial score (nSPS) is 11.6. The largest absolute Gasteiger partial charge is 0.489 e. The molecule has 0 spiro atoms. The third kappa shape index (κ3) is 4.83. The maximum Gasteiger partial charge on any atom is 0.251 e. The van der Waals surface area contributed by atoms with Gasteiger partial charge in [-0.15, -0.1) is 0 Å². The van der Waals surface area contributed by atoms with E-state index in [2.05, 4.69) is 10.3 Å². The van der Waals surface area contributed by atoms with Crippen LogP contribution in [0.3, 0.4) is 0 Å². The van der Waals surface area contributed by atoms with Crippen molar-refractivity contribution >= 4 is 17.5 Å². The van der Waals surface area contributed by atoms with Crippen LogP contribution in [-0.2, 0) is 6.61 Å². The van der Waals surface area contributed by atoms with E-state index in [1.807, 2.05) is 43.3 Å². The van der Waals surface area contributed by atoms with Crippen LogP contribution in [0.5, 0.6) is 5.75 Å². The van der Waals surface area contributed by atoms with Crippen molar-refractivity contribution in [3.05, 3.63) is 94.8 Å². The molecule has 5 heteroatoms. The number of nitrogens with zero attached hydrogens (tertiary/aromatic N) is 1. The Kier molecular flexibility index (Phi) is 5.87. The van der Waals surface area contributed by atoms with E-state index in [0.717, 1.165) is 11.1 Å². The second-order valence-electron chi connectivity index (χ2n) is 5.92. The first-order valence-electron chi connectivity index (χ1n) is 8.30. The maximum absolute atomic E-state index is 12.4. The lowest BCUT2D eigenvalue weighted by atomic mass is 10.1. The Bertz CT molecular complexity index is 867. The van der Waals surface area contributed by atoms with Crippen LogP contribution in [0.25, 0.3) is 0 Å². The van der Waals surface area contributed by atoms with E-state index < -0.39 is 0 Å². The lowest BCUT2D eigenvalue weighted by molar-refractivity contribution is 0.0940. The molecule has 1 heterocycles. The fraction of sp³-hybridized carbons (Fsp3) is 0.143. The van der Waals surface area contributed by atoms with E-state index in [-0.39, 0.29) is 11.9 Å². The number of pyridine rings is 1. The highest BCUT2D eigenvalue weighted by molar-refractivity contribution is 6.30. The first kappa shape index (κ1) is 18.0. The Morgan fingerprint density at radius 2 is 1.85 bits per heavy atom. The molecule has 1 atom stereocenters. The molecular formula is C21H19ClN2O2. The van der Waals surface area contributed by atoms with Gasteiger partial charge in [-0.2, -0.15) is 0 Å². The van der Waals surface area contributed by atoms with Crippen molar-refractivity contribution in [2.75, 3.05) is 0 Å². The third-order valence-electron chi connectivity index (χ3n) is 3.97. The second kappa shape index (κ2) is 8.50. The molecule has 0 bridgehead atoms. The van der Waals surface area contributed by atoms with Crippen molar-refractivity contribution in [2.45, 2.75) is 19.6 Å². The number of carbonyl (C=O) groups is 1. The lowest BCUT2D eigenvalue weighted by Crippen LogP contribution is -2.26. The lowest BCUT2D eigenvalue weighted by Gasteiger charge is -2.15. The Hall–Kier alpha value is -2.85. The van der Waals surface area contributed by atoms with E-state index in [1.165, 1.54) is 0 Å². The summed E-state index contributed by atoms with van der Waals surface area (Å²) in [6.07, 6.45) is 3.46. The number of aromatic nitrogens is 1. The molecule has 1 aromatic heterocycles. The SMILES string of the molecule is CC(NC(=O)c1ccc(OCc2ccncc2)cc1)c1cccc(Cl)c1. The van der Waals surface area contributed by atoms with Crippen LogP contribution in [-0.4, -0.2) is 10.9 Å². The fourth-order valence-corrected chi connectivity index (χ4v) is 2.69. The van der Waals surface area contributed by atoms with Gasteiger partial charge in [0.25, 0.3) is 5.91 Å². The number of hydrogen-bond acceptors (Lipinski definition) is 3. The van der Waals surface area contributed by atoms with Gasteiger partial charge in [0.15, 0.2) is 0 Å². The molecule has 0 saturated carbocycles. The minimum absolute atomic E-state index is 0.135. The molecular weight excluding hydrogens is 348 g/mol. The van der Waals surface area contributed by atoms with Crippen LogP contribution in [0.4, 0.5) is 0 Å². The zero-order valence-electron chi connectivity index (χ0n) is 14.4. The van der Waals surface area contributed by atoms with Crippen LogP contribution in [0.2, 0.25) is 5.02 Å². The highest BCUT2D eigenvalue weighted by Gasteiger charge is 2.12. The molecule has 26 heavy (non-hydrogen) atoms. The van der Waals surface area contributed by atoms with Crippen molar-refractivity contribution in [3.63, 3.8) is 0 Å². The minimum Gasteiger partial charge on any atom is -0.489 e. The average Bonchev–Trinajstić information content (AvgIpc) is 2.67. The highest BCUT2D eigenvalue weighted by atomic mass is 35.5. The second-order valence-corrected chi connectivity index (χ2v) is 6.36. The molecule has 0 aliphatic heterocycles. The molecule has 3 rings (SSSR count). The standard InChI is InChI=1S/C21H19ClN2O2/c1-15(18-3-2-4-19(22)13-18)24-21(25)17-5-7-20(8-6-17)26-14-16-9-11-23-12-10-16/h2-13,15H,14H2,1H3,(H,24,25). The monoisotopic (exact) mass is 366 g/mol. The number of hydrogen-bond donors (Lipinski definition) is 1. The summed E-state index contributed by atoms with van der Waals surface area (Å²) in [5.74, 6) is 0.569. The Labute approximate surface area is 157 Å². The Morgan fingerprint density at radius 3 is 2.54 bits per heavy atom. The van der Waals surface area contributed by atoms with Crippen molar-refractivity contribution in [1.82, 2.24) is 10.3 Å². The van der Waals surface area contributed by atoms with E-state index in [9.17, 15) is 4.79 Å². The highest BCUT2D eigenvalue weighted by Crippen LogP contribution is 2.19. The van der Waals surface area contributed by atoms with Gasteiger partial charge in [-0.25, -0.2) is 0 Å². The van der Waals surface area contributed by atoms with Gasteiger partial charge in [0, 0.05) is 23.0 Å². The zero-order valence-corrected chi connectivity index (χ0v) is 15.1. The Morgan fingerprint density at radius 1 is 1.12 bits per heavy atom. The number of ether oxygens (including phenoxy) is 1.